The van der Waals surface area contributed by atoms with Crippen LogP contribution in [0.4, 0.5) is 16.2 Å². The van der Waals surface area contributed by atoms with E-state index >= 15 is 0 Å². The molecule has 2 aromatic rings. The number of nitrogens with one attached hydrogen (secondary N) is 2. The number of nitrogens with zero attached hydrogens (tertiary/aromatic N) is 2. The van der Waals surface area contributed by atoms with E-state index in [9.17, 15) is 9.59 Å². The quantitative estimate of drug-likeness (QED) is 0.744. The predicted octanol–water partition coefficient (Wildman–Crippen LogP) is 3.31. The van der Waals surface area contributed by atoms with Gasteiger partial charge in [-0.15, -0.1) is 0 Å². The molecule has 0 aromatic heterocycles. The van der Waals surface area contributed by atoms with Crippen LogP contribution in [0.25, 0.3) is 0 Å². The van der Waals surface area contributed by atoms with Crippen LogP contribution >= 0.6 is 0 Å². The molecule has 7 heteroatoms. The number of hydrogen-bond acceptors (Lipinski definition) is 5. The zero-order valence-electron chi connectivity index (χ0n) is 18.8. The Bertz CT molecular complexity index is 925. The molecule has 1 aliphatic rings. The molecule has 1 atom stereocenters. The van der Waals surface area contributed by atoms with E-state index < -0.39 is 12.1 Å². The Kier molecular flexibility index (Phi) is 7.65. The summed E-state index contributed by atoms with van der Waals surface area (Å²) in [5.41, 5.74) is 5.07. The molecule has 3 rings (SSSR count). The molecule has 0 saturated carbocycles. The van der Waals surface area contributed by atoms with Crippen molar-refractivity contribution in [1.29, 1.82) is 0 Å². The van der Waals surface area contributed by atoms with Gasteiger partial charge in [0.15, 0.2) is 0 Å². The average molecular weight is 425 g/mol. The van der Waals surface area contributed by atoms with Crippen molar-refractivity contribution >= 4 is 23.3 Å². The van der Waals surface area contributed by atoms with Crippen molar-refractivity contribution in [2.75, 3.05) is 43.6 Å². The number of likely N-dealkylation sites (N-methyl/N-ethyl adjacent to an activating group) is 1. The molecule has 166 valence electrons. The molecular weight excluding hydrogens is 392 g/mol. The van der Waals surface area contributed by atoms with E-state index in [2.05, 4.69) is 27.7 Å². The summed E-state index contributed by atoms with van der Waals surface area (Å²) in [7, 11) is 1.89. The van der Waals surface area contributed by atoms with Crippen molar-refractivity contribution in [3.05, 3.63) is 59.2 Å². The smallest absolute Gasteiger partial charge is 0.325 e. The molecule has 2 aromatic carbocycles. The number of amides is 3. The zero-order chi connectivity index (χ0) is 22.4. The standard InChI is InChI=1S/C24H32N4O3/c1-17-9-10-21(18(2)15-17)25-24(30)26-23(29)19(3)27(4)16-20-7-5-6-8-22(20)28-11-13-31-14-12-28/h5-10,15,19H,11-14,16H2,1-4H3,(H2,25,26,29,30). The maximum Gasteiger partial charge on any atom is 0.325 e. The van der Waals surface area contributed by atoms with Crippen LogP contribution in [0.2, 0.25) is 0 Å². The normalized spacial score (nSPS) is 14.9. The number of imide groups is 1. The topological polar surface area (TPSA) is 73.9 Å². The van der Waals surface area contributed by atoms with Crippen molar-refractivity contribution in [2.45, 2.75) is 33.4 Å². The number of rotatable bonds is 6. The van der Waals surface area contributed by atoms with Crippen molar-refractivity contribution < 1.29 is 14.3 Å². The fraction of sp³-hybridized carbons (Fsp3) is 0.417. The second-order valence-corrected chi connectivity index (χ2v) is 8.08. The van der Waals surface area contributed by atoms with Gasteiger partial charge in [-0.2, -0.15) is 0 Å². The first-order valence-corrected chi connectivity index (χ1v) is 10.6. The maximum atomic E-state index is 12.7. The molecule has 0 radical (unpaired) electrons. The lowest BCUT2D eigenvalue weighted by atomic mass is 10.1. The molecule has 1 unspecified atom stereocenters. The molecule has 0 spiro atoms. The van der Waals surface area contributed by atoms with Crippen LogP contribution < -0.4 is 15.5 Å². The monoisotopic (exact) mass is 424 g/mol. The highest BCUT2D eigenvalue weighted by Crippen LogP contribution is 2.23. The number of morpholine rings is 1. The fourth-order valence-electron chi connectivity index (χ4n) is 3.69. The Morgan fingerprint density at radius 2 is 1.84 bits per heavy atom. The highest BCUT2D eigenvalue weighted by Gasteiger charge is 2.22. The van der Waals surface area contributed by atoms with Crippen LogP contribution in [0.3, 0.4) is 0 Å². The highest BCUT2D eigenvalue weighted by molar-refractivity contribution is 6.03. The Balaban J connectivity index is 1.59. The van der Waals surface area contributed by atoms with Gasteiger partial charge in [0.1, 0.15) is 0 Å². The van der Waals surface area contributed by atoms with Crippen LogP contribution in [0.1, 0.15) is 23.6 Å². The number of para-hydroxylation sites is 1. The molecule has 2 N–H and O–H groups in total. The zero-order valence-corrected chi connectivity index (χ0v) is 18.8. The molecule has 1 heterocycles. The van der Waals surface area contributed by atoms with Gasteiger partial charge < -0.3 is 15.0 Å². The number of anilines is 2. The number of aryl methyl sites for hydroxylation is 2. The molecule has 1 fully saturated rings. The Labute approximate surface area is 184 Å². The van der Waals surface area contributed by atoms with Crippen molar-refractivity contribution in [3.8, 4) is 0 Å². The van der Waals surface area contributed by atoms with Gasteiger partial charge in [-0.1, -0.05) is 35.9 Å². The van der Waals surface area contributed by atoms with E-state index in [1.807, 2.05) is 56.1 Å². The second-order valence-electron chi connectivity index (χ2n) is 8.08. The van der Waals surface area contributed by atoms with Crippen LogP contribution in [0.5, 0.6) is 0 Å². The summed E-state index contributed by atoms with van der Waals surface area (Å²) in [6.07, 6.45) is 0. The summed E-state index contributed by atoms with van der Waals surface area (Å²) in [5.74, 6) is -0.339. The average Bonchev–Trinajstić information content (AvgIpc) is 2.76. The van der Waals surface area contributed by atoms with Crippen LogP contribution in [0, 0.1) is 13.8 Å². The van der Waals surface area contributed by atoms with Gasteiger partial charge >= 0.3 is 6.03 Å². The Morgan fingerprint density at radius 1 is 1.13 bits per heavy atom. The van der Waals surface area contributed by atoms with Crippen LogP contribution in [-0.2, 0) is 16.1 Å². The van der Waals surface area contributed by atoms with Gasteiger partial charge in [0, 0.05) is 31.0 Å². The highest BCUT2D eigenvalue weighted by atomic mass is 16.5. The van der Waals surface area contributed by atoms with Gasteiger partial charge in [0.05, 0.1) is 19.3 Å². The fourth-order valence-corrected chi connectivity index (χ4v) is 3.69. The third-order valence-corrected chi connectivity index (χ3v) is 5.67. The molecule has 0 bridgehead atoms. The third-order valence-electron chi connectivity index (χ3n) is 5.67. The molecule has 1 aliphatic heterocycles. The molecule has 31 heavy (non-hydrogen) atoms. The molecule has 1 saturated heterocycles. The molecule has 7 nitrogen and oxygen atoms in total. The third kappa shape index (κ3) is 6.06. The minimum atomic E-state index is -0.522. The first kappa shape index (κ1) is 22.8. The Hall–Kier alpha value is -2.90. The summed E-state index contributed by atoms with van der Waals surface area (Å²) < 4.78 is 5.46. The lowest BCUT2D eigenvalue weighted by molar-refractivity contribution is -0.124. The lowest BCUT2D eigenvalue weighted by Gasteiger charge is -2.32. The van der Waals surface area contributed by atoms with E-state index in [0.717, 1.165) is 48.7 Å². The largest absolute Gasteiger partial charge is 0.378 e. The van der Waals surface area contributed by atoms with Crippen LogP contribution in [-0.4, -0.2) is 56.2 Å². The molecule has 3 amide bonds. The van der Waals surface area contributed by atoms with Crippen molar-refractivity contribution in [1.82, 2.24) is 10.2 Å². The minimum absolute atomic E-state index is 0.339. The lowest BCUT2D eigenvalue weighted by Crippen LogP contribution is -2.46. The summed E-state index contributed by atoms with van der Waals surface area (Å²) in [4.78, 5) is 29.2. The van der Waals surface area contributed by atoms with Gasteiger partial charge in [0.25, 0.3) is 0 Å². The predicted molar refractivity (Wildman–Crippen MR) is 123 cm³/mol. The second kappa shape index (κ2) is 10.4. The first-order valence-electron chi connectivity index (χ1n) is 10.6. The minimum Gasteiger partial charge on any atom is -0.378 e. The summed E-state index contributed by atoms with van der Waals surface area (Å²) >= 11 is 0. The van der Waals surface area contributed by atoms with E-state index in [0.29, 0.717) is 12.2 Å². The van der Waals surface area contributed by atoms with Crippen molar-refractivity contribution in [2.24, 2.45) is 0 Å². The van der Waals surface area contributed by atoms with Gasteiger partial charge in [-0.05, 0) is 51.1 Å². The number of carbonyl (C=O) groups is 2. The van der Waals surface area contributed by atoms with E-state index in [-0.39, 0.29) is 5.91 Å². The maximum absolute atomic E-state index is 12.7. The SMILES string of the molecule is Cc1ccc(NC(=O)NC(=O)C(C)N(C)Cc2ccccc2N2CCOCC2)c(C)c1. The first-order chi connectivity index (χ1) is 14.8. The van der Waals surface area contributed by atoms with Crippen LogP contribution in [0.15, 0.2) is 42.5 Å². The van der Waals surface area contributed by atoms with E-state index in [1.165, 1.54) is 0 Å². The number of ether oxygens (including phenoxy) is 1. The summed E-state index contributed by atoms with van der Waals surface area (Å²) in [6.45, 7) is 9.47. The number of urea groups is 1. The summed E-state index contributed by atoms with van der Waals surface area (Å²) in [5, 5.41) is 5.21. The van der Waals surface area contributed by atoms with E-state index in [4.69, 9.17) is 4.74 Å². The number of benzene rings is 2. The van der Waals surface area contributed by atoms with Gasteiger partial charge in [0.2, 0.25) is 5.91 Å². The van der Waals surface area contributed by atoms with Crippen molar-refractivity contribution in [3.63, 3.8) is 0 Å². The van der Waals surface area contributed by atoms with E-state index in [1.54, 1.807) is 6.92 Å². The molecule has 0 aliphatic carbocycles. The summed E-state index contributed by atoms with van der Waals surface area (Å²) in [6, 6.07) is 13.0. The Morgan fingerprint density at radius 3 is 2.55 bits per heavy atom. The number of carbonyl (C=O) groups excluding carboxylic acids is 2. The number of hydrogen-bond donors (Lipinski definition) is 2. The molecular formula is C24H32N4O3. The van der Waals surface area contributed by atoms with Gasteiger partial charge in [-0.25, -0.2) is 4.79 Å². The van der Waals surface area contributed by atoms with Gasteiger partial charge in [-0.3, -0.25) is 15.0 Å².